The van der Waals surface area contributed by atoms with E-state index in [1.165, 1.54) is 10.9 Å². The quantitative estimate of drug-likeness (QED) is 0.685. The zero-order chi connectivity index (χ0) is 20.8. The molecule has 1 saturated heterocycles. The number of hydrogen-bond donors (Lipinski definition) is 1. The molecule has 1 N–H and O–H groups in total. The van der Waals surface area contributed by atoms with Gasteiger partial charge >= 0.3 is 0 Å². The summed E-state index contributed by atoms with van der Waals surface area (Å²) < 4.78 is 26.5. The van der Waals surface area contributed by atoms with Crippen molar-refractivity contribution >= 4 is 32.3 Å². The molecular weight excluding hydrogens is 394 g/mol. The number of carbonyl (C=O) groups is 1. The van der Waals surface area contributed by atoms with Crippen LogP contribution in [0.15, 0.2) is 35.4 Å². The van der Waals surface area contributed by atoms with Crippen molar-refractivity contribution in [1.29, 1.82) is 0 Å². The fourth-order valence-corrected chi connectivity index (χ4v) is 5.41. The van der Waals surface area contributed by atoms with E-state index >= 15 is 0 Å². The lowest BCUT2D eigenvalue weighted by Crippen LogP contribution is -2.28. The Balaban J connectivity index is 1.55. The van der Waals surface area contributed by atoms with Crippen LogP contribution in [0.25, 0.3) is 10.9 Å². The zero-order valence-corrected chi connectivity index (χ0v) is 16.9. The van der Waals surface area contributed by atoms with E-state index in [9.17, 15) is 18.0 Å². The maximum absolute atomic E-state index is 12.6. The van der Waals surface area contributed by atoms with Gasteiger partial charge in [-0.1, -0.05) is 12.1 Å². The molecule has 1 amide bonds. The smallest absolute Gasteiger partial charge is 0.261 e. The van der Waals surface area contributed by atoms with E-state index in [-0.39, 0.29) is 35.6 Å². The first-order valence-corrected chi connectivity index (χ1v) is 11.1. The molecule has 1 aliphatic rings. The summed E-state index contributed by atoms with van der Waals surface area (Å²) in [6.07, 6.45) is 1.87. The highest BCUT2D eigenvalue weighted by atomic mass is 32.2. The number of sulfone groups is 1. The van der Waals surface area contributed by atoms with Gasteiger partial charge in [-0.15, -0.1) is 0 Å². The van der Waals surface area contributed by atoms with Gasteiger partial charge in [-0.25, -0.2) is 13.4 Å². The minimum Gasteiger partial charge on any atom is -0.321 e. The standard InChI is InChI=1S/C19H21N5O4S/c1-12-18(13(2)24(22-12)14-7-8-29(27,28)10-14)21-17(25)9-23-11-20-16-6-4-3-5-15(16)19(23)26/h3-6,11,14H,7-10H2,1-2H3,(H,21,25). The van der Waals surface area contributed by atoms with Crippen molar-refractivity contribution in [1.82, 2.24) is 19.3 Å². The Labute approximate surface area is 167 Å². The zero-order valence-electron chi connectivity index (χ0n) is 16.1. The molecule has 3 heterocycles. The number of benzene rings is 1. The van der Waals surface area contributed by atoms with E-state index in [2.05, 4.69) is 15.4 Å². The molecule has 152 valence electrons. The lowest BCUT2D eigenvalue weighted by Gasteiger charge is -2.12. The number of amides is 1. The normalized spacial score (nSPS) is 18.2. The molecule has 29 heavy (non-hydrogen) atoms. The Bertz CT molecular complexity index is 1280. The summed E-state index contributed by atoms with van der Waals surface area (Å²) >= 11 is 0. The minimum atomic E-state index is -3.04. The Kier molecular flexibility index (Phi) is 4.73. The van der Waals surface area contributed by atoms with Crippen LogP contribution in [0.2, 0.25) is 0 Å². The molecule has 1 atom stereocenters. The van der Waals surface area contributed by atoms with E-state index in [1.54, 1.807) is 42.8 Å². The van der Waals surface area contributed by atoms with Crippen molar-refractivity contribution in [2.24, 2.45) is 0 Å². The Hall–Kier alpha value is -3.01. The number of fused-ring (bicyclic) bond motifs is 1. The topological polar surface area (TPSA) is 116 Å². The summed E-state index contributed by atoms with van der Waals surface area (Å²) in [7, 11) is -3.04. The van der Waals surface area contributed by atoms with Gasteiger partial charge in [-0.05, 0) is 32.4 Å². The van der Waals surface area contributed by atoms with Gasteiger partial charge in [0.15, 0.2) is 9.84 Å². The molecule has 1 aliphatic heterocycles. The Morgan fingerprint density at radius 3 is 2.76 bits per heavy atom. The van der Waals surface area contributed by atoms with Crippen LogP contribution in [0.1, 0.15) is 23.9 Å². The first-order chi connectivity index (χ1) is 13.7. The highest BCUT2D eigenvalue weighted by Crippen LogP contribution is 2.29. The van der Waals surface area contributed by atoms with Gasteiger partial charge in [0.1, 0.15) is 6.54 Å². The Morgan fingerprint density at radius 2 is 2.03 bits per heavy atom. The van der Waals surface area contributed by atoms with Gasteiger partial charge < -0.3 is 5.32 Å². The lowest BCUT2D eigenvalue weighted by atomic mass is 10.2. The van der Waals surface area contributed by atoms with E-state index in [4.69, 9.17) is 0 Å². The number of anilines is 1. The van der Waals surface area contributed by atoms with Crippen LogP contribution >= 0.6 is 0 Å². The molecule has 2 aromatic heterocycles. The number of aryl methyl sites for hydroxylation is 1. The SMILES string of the molecule is Cc1nn(C2CCS(=O)(=O)C2)c(C)c1NC(=O)Cn1cnc2ccccc2c1=O. The summed E-state index contributed by atoms with van der Waals surface area (Å²) in [5.41, 5.74) is 2.13. The van der Waals surface area contributed by atoms with Gasteiger partial charge in [-0.2, -0.15) is 5.10 Å². The average Bonchev–Trinajstić information content (AvgIpc) is 3.17. The largest absolute Gasteiger partial charge is 0.321 e. The van der Waals surface area contributed by atoms with Crippen LogP contribution in [0.3, 0.4) is 0 Å². The summed E-state index contributed by atoms with van der Waals surface area (Å²) in [6.45, 7) is 3.37. The van der Waals surface area contributed by atoms with Crippen LogP contribution in [0.5, 0.6) is 0 Å². The van der Waals surface area contributed by atoms with Crippen molar-refractivity contribution < 1.29 is 13.2 Å². The van der Waals surface area contributed by atoms with Gasteiger partial charge in [0, 0.05) is 0 Å². The molecule has 1 aromatic carbocycles. The van der Waals surface area contributed by atoms with Gasteiger partial charge in [0.2, 0.25) is 5.91 Å². The molecule has 0 saturated carbocycles. The highest BCUT2D eigenvalue weighted by Gasteiger charge is 2.31. The second-order valence-corrected chi connectivity index (χ2v) is 9.52. The van der Waals surface area contributed by atoms with Crippen LogP contribution in [-0.4, -0.2) is 45.2 Å². The molecule has 0 spiro atoms. The summed E-state index contributed by atoms with van der Waals surface area (Å²) in [6, 6.07) is 6.74. The first kappa shape index (κ1) is 19.3. The third-order valence-electron chi connectivity index (χ3n) is 5.19. The van der Waals surface area contributed by atoms with E-state index in [1.807, 2.05) is 0 Å². The molecule has 9 nitrogen and oxygen atoms in total. The molecule has 4 rings (SSSR count). The van der Waals surface area contributed by atoms with Crippen LogP contribution in [0.4, 0.5) is 5.69 Å². The number of rotatable bonds is 4. The lowest BCUT2D eigenvalue weighted by molar-refractivity contribution is -0.116. The molecule has 1 fully saturated rings. The monoisotopic (exact) mass is 415 g/mol. The van der Waals surface area contributed by atoms with Crippen molar-refractivity contribution in [3.63, 3.8) is 0 Å². The third kappa shape index (κ3) is 3.67. The number of hydrogen-bond acceptors (Lipinski definition) is 6. The number of carbonyl (C=O) groups excluding carboxylic acids is 1. The fraction of sp³-hybridized carbons (Fsp3) is 0.368. The van der Waals surface area contributed by atoms with Crippen molar-refractivity contribution in [2.75, 3.05) is 16.8 Å². The van der Waals surface area contributed by atoms with Crippen molar-refractivity contribution in [2.45, 2.75) is 32.9 Å². The van der Waals surface area contributed by atoms with Gasteiger partial charge in [-0.3, -0.25) is 18.8 Å². The number of para-hydroxylation sites is 1. The Morgan fingerprint density at radius 1 is 1.28 bits per heavy atom. The van der Waals surface area contributed by atoms with Crippen LogP contribution < -0.4 is 10.9 Å². The summed E-state index contributed by atoms with van der Waals surface area (Å²) in [4.78, 5) is 29.4. The maximum atomic E-state index is 12.6. The molecule has 0 aliphatic carbocycles. The molecule has 0 radical (unpaired) electrons. The van der Waals surface area contributed by atoms with Crippen molar-refractivity contribution in [3.05, 3.63) is 52.3 Å². The minimum absolute atomic E-state index is 0.0561. The first-order valence-electron chi connectivity index (χ1n) is 9.25. The number of aromatic nitrogens is 4. The molecule has 10 heteroatoms. The van der Waals surface area contributed by atoms with Gasteiger partial charge in [0.05, 0.1) is 51.9 Å². The van der Waals surface area contributed by atoms with E-state index in [0.717, 1.165) is 0 Å². The van der Waals surface area contributed by atoms with Crippen molar-refractivity contribution in [3.8, 4) is 0 Å². The molecule has 1 unspecified atom stereocenters. The predicted octanol–water partition coefficient (Wildman–Crippen LogP) is 1.21. The second kappa shape index (κ2) is 7.11. The molecular formula is C19H21N5O4S. The van der Waals surface area contributed by atoms with E-state index in [0.29, 0.717) is 34.4 Å². The van der Waals surface area contributed by atoms with Gasteiger partial charge in [0.25, 0.3) is 5.56 Å². The summed E-state index contributed by atoms with van der Waals surface area (Å²) in [5, 5.41) is 7.69. The van der Waals surface area contributed by atoms with Crippen LogP contribution in [0, 0.1) is 13.8 Å². The maximum Gasteiger partial charge on any atom is 0.261 e. The summed E-state index contributed by atoms with van der Waals surface area (Å²) in [5.74, 6) is -0.176. The third-order valence-corrected chi connectivity index (χ3v) is 6.94. The molecule has 3 aromatic rings. The molecule has 0 bridgehead atoms. The fourth-order valence-electron chi connectivity index (χ4n) is 3.72. The number of nitrogens with one attached hydrogen (secondary N) is 1. The predicted molar refractivity (Wildman–Crippen MR) is 109 cm³/mol. The second-order valence-electron chi connectivity index (χ2n) is 7.29. The van der Waals surface area contributed by atoms with Crippen LogP contribution in [-0.2, 0) is 21.2 Å². The van der Waals surface area contributed by atoms with E-state index < -0.39 is 9.84 Å². The highest BCUT2D eigenvalue weighted by molar-refractivity contribution is 7.91. The number of nitrogens with zero attached hydrogens (tertiary/aromatic N) is 4. The average molecular weight is 415 g/mol.